The van der Waals surface area contributed by atoms with Crippen LogP contribution in [0.4, 0.5) is 14.5 Å². The van der Waals surface area contributed by atoms with Gasteiger partial charge in [-0.2, -0.15) is 12.7 Å². The fraction of sp³-hybridized carbons (Fsp3) is 0.440. The number of carbonyl (C=O) groups is 2. The molecular formula is C25H34F2N4O4S. The average Bonchev–Trinajstić information content (AvgIpc) is 2.83. The highest BCUT2D eigenvalue weighted by Crippen LogP contribution is 2.22. The third kappa shape index (κ3) is 7.47. The molecule has 2 aromatic rings. The lowest BCUT2D eigenvalue weighted by molar-refractivity contribution is -0.140. The van der Waals surface area contributed by atoms with Gasteiger partial charge in [0.15, 0.2) is 0 Å². The first-order valence-corrected chi connectivity index (χ1v) is 13.1. The van der Waals surface area contributed by atoms with Crippen molar-refractivity contribution in [2.24, 2.45) is 0 Å². The van der Waals surface area contributed by atoms with Crippen molar-refractivity contribution in [2.75, 3.05) is 24.9 Å². The Hall–Kier alpha value is -3.05. The molecule has 0 aliphatic rings. The summed E-state index contributed by atoms with van der Waals surface area (Å²) in [5.41, 5.74) is 0.667. The van der Waals surface area contributed by atoms with E-state index in [2.05, 4.69) is 5.32 Å². The molecule has 0 saturated heterocycles. The summed E-state index contributed by atoms with van der Waals surface area (Å²) >= 11 is 0. The van der Waals surface area contributed by atoms with Gasteiger partial charge in [0, 0.05) is 26.7 Å². The summed E-state index contributed by atoms with van der Waals surface area (Å²) < 4.78 is 55.0. The summed E-state index contributed by atoms with van der Waals surface area (Å²) in [7, 11) is -1.50. The van der Waals surface area contributed by atoms with Crippen LogP contribution in [0, 0.1) is 11.6 Å². The predicted molar refractivity (Wildman–Crippen MR) is 135 cm³/mol. The van der Waals surface area contributed by atoms with Crippen LogP contribution in [0.3, 0.4) is 0 Å². The summed E-state index contributed by atoms with van der Waals surface area (Å²) in [6.07, 6.45) is 0.958. The van der Waals surface area contributed by atoms with Gasteiger partial charge in [0.05, 0.1) is 5.69 Å². The SMILES string of the molecule is CC[C@@H](C)NC(=O)[C@H](CC)N(Cc1ccc(F)cc1)C(=O)CN(c1ccc(F)cc1)S(=O)(=O)N(C)C. The monoisotopic (exact) mass is 524 g/mol. The Morgan fingerprint density at radius 1 is 0.917 bits per heavy atom. The second-order valence-corrected chi connectivity index (χ2v) is 10.7. The van der Waals surface area contributed by atoms with E-state index in [1.807, 2.05) is 13.8 Å². The van der Waals surface area contributed by atoms with Gasteiger partial charge in [0.2, 0.25) is 11.8 Å². The maximum Gasteiger partial charge on any atom is 0.304 e. The zero-order valence-electron chi connectivity index (χ0n) is 21.2. The number of hydrogen-bond acceptors (Lipinski definition) is 4. The number of benzene rings is 2. The van der Waals surface area contributed by atoms with Crippen molar-refractivity contribution in [1.29, 1.82) is 0 Å². The molecule has 11 heteroatoms. The van der Waals surface area contributed by atoms with E-state index in [-0.39, 0.29) is 30.6 Å². The van der Waals surface area contributed by atoms with Gasteiger partial charge < -0.3 is 10.2 Å². The number of halogens is 2. The van der Waals surface area contributed by atoms with Gasteiger partial charge in [-0.1, -0.05) is 26.0 Å². The molecule has 2 aromatic carbocycles. The molecule has 0 radical (unpaired) electrons. The molecule has 0 unspecified atom stereocenters. The largest absolute Gasteiger partial charge is 0.352 e. The first-order valence-electron chi connectivity index (χ1n) is 11.7. The first-order chi connectivity index (χ1) is 16.9. The molecule has 2 amide bonds. The molecule has 0 fully saturated rings. The molecule has 0 aromatic heterocycles. The quantitative estimate of drug-likeness (QED) is 0.461. The zero-order valence-corrected chi connectivity index (χ0v) is 22.1. The van der Waals surface area contributed by atoms with E-state index in [9.17, 15) is 26.8 Å². The molecule has 198 valence electrons. The molecule has 0 saturated carbocycles. The van der Waals surface area contributed by atoms with E-state index in [1.54, 1.807) is 6.92 Å². The standard InChI is InChI=1S/C25H34F2N4O4S/c1-6-18(3)28-25(33)23(7-2)30(16-19-8-10-20(26)11-9-19)24(32)17-31(36(34,35)29(4)5)22-14-12-21(27)13-15-22/h8-15,18,23H,6-7,16-17H2,1-5H3,(H,28,33)/t18-,23+/m1/s1. The van der Waals surface area contributed by atoms with Gasteiger partial charge in [0.25, 0.3) is 0 Å². The number of nitrogens with zero attached hydrogens (tertiary/aromatic N) is 3. The lowest BCUT2D eigenvalue weighted by Gasteiger charge is -2.34. The summed E-state index contributed by atoms with van der Waals surface area (Å²) in [4.78, 5) is 28.1. The topological polar surface area (TPSA) is 90.0 Å². The number of anilines is 1. The molecule has 36 heavy (non-hydrogen) atoms. The van der Waals surface area contributed by atoms with E-state index in [1.165, 1.54) is 55.4 Å². The Morgan fingerprint density at radius 2 is 1.44 bits per heavy atom. The molecular weight excluding hydrogens is 490 g/mol. The minimum absolute atomic E-state index is 0.0369. The maximum absolute atomic E-state index is 13.7. The number of rotatable bonds is 12. The van der Waals surface area contributed by atoms with Crippen LogP contribution in [0.25, 0.3) is 0 Å². The Labute approximate surface area is 212 Å². The molecule has 8 nitrogen and oxygen atoms in total. The fourth-order valence-corrected chi connectivity index (χ4v) is 4.53. The Bertz CT molecular complexity index is 1130. The average molecular weight is 525 g/mol. The van der Waals surface area contributed by atoms with E-state index in [0.29, 0.717) is 12.0 Å². The lowest BCUT2D eigenvalue weighted by atomic mass is 10.1. The molecule has 0 heterocycles. The Morgan fingerprint density at radius 3 is 1.92 bits per heavy atom. The van der Waals surface area contributed by atoms with Gasteiger partial charge in [-0.25, -0.2) is 13.1 Å². The number of carbonyl (C=O) groups excluding carboxylic acids is 2. The molecule has 0 aliphatic heterocycles. The van der Waals surface area contributed by atoms with Crippen molar-refractivity contribution >= 4 is 27.7 Å². The van der Waals surface area contributed by atoms with Crippen molar-refractivity contribution < 1.29 is 26.8 Å². The van der Waals surface area contributed by atoms with Crippen LogP contribution in [0.2, 0.25) is 0 Å². The van der Waals surface area contributed by atoms with Crippen LogP contribution < -0.4 is 9.62 Å². The molecule has 0 aliphatic carbocycles. The Balaban J connectivity index is 2.48. The van der Waals surface area contributed by atoms with Gasteiger partial charge >= 0.3 is 10.2 Å². The molecule has 0 spiro atoms. The van der Waals surface area contributed by atoms with Crippen molar-refractivity contribution in [1.82, 2.24) is 14.5 Å². The summed E-state index contributed by atoms with van der Waals surface area (Å²) in [6, 6.07) is 9.21. The van der Waals surface area contributed by atoms with Gasteiger partial charge in [0.1, 0.15) is 24.2 Å². The molecule has 0 bridgehead atoms. The first kappa shape index (κ1) is 29.2. The van der Waals surface area contributed by atoms with Crippen molar-refractivity contribution in [3.05, 3.63) is 65.7 Å². The van der Waals surface area contributed by atoms with Crippen LogP contribution in [0.15, 0.2) is 48.5 Å². The molecule has 1 N–H and O–H groups in total. The normalized spacial score (nSPS) is 13.2. The third-order valence-electron chi connectivity index (χ3n) is 5.79. The molecule has 2 atom stereocenters. The van der Waals surface area contributed by atoms with Crippen molar-refractivity contribution in [3.63, 3.8) is 0 Å². The van der Waals surface area contributed by atoms with Crippen LogP contribution in [-0.2, 0) is 26.3 Å². The van der Waals surface area contributed by atoms with Crippen LogP contribution in [0.1, 0.15) is 39.2 Å². The minimum Gasteiger partial charge on any atom is -0.352 e. The number of hydrogen-bond donors (Lipinski definition) is 1. The van der Waals surface area contributed by atoms with E-state index in [4.69, 9.17) is 0 Å². The fourth-order valence-electron chi connectivity index (χ4n) is 3.47. The van der Waals surface area contributed by atoms with Gasteiger partial charge in [-0.3, -0.25) is 9.59 Å². The highest BCUT2D eigenvalue weighted by Gasteiger charge is 2.34. The van der Waals surface area contributed by atoms with Gasteiger partial charge in [-0.05, 0) is 61.7 Å². The second kappa shape index (κ2) is 12.8. The highest BCUT2D eigenvalue weighted by atomic mass is 32.2. The predicted octanol–water partition coefficient (Wildman–Crippen LogP) is 3.30. The summed E-state index contributed by atoms with van der Waals surface area (Å²) in [5.74, 6) is -2.01. The Kier molecular flexibility index (Phi) is 10.4. The maximum atomic E-state index is 13.7. The van der Waals surface area contributed by atoms with Crippen LogP contribution >= 0.6 is 0 Å². The highest BCUT2D eigenvalue weighted by molar-refractivity contribution is 7.90. The van der Waals surface area contributed by atoms with Crippen molar-refractivity contribution in [3.8, 4) is 0 Å². The van der Waals surface area contributed by atoms with E-state index in [0.717, 1.165) is 20.7 Å². The smallest absolute Gasteiger partial charge is 0.304 e. The second-order valence-electron chi connectivity index (χ2n) is 8.66. The van der Waals surface area contributed by atoms with E-state index < -0.39 is 40.3 Å². The van der Waals surface area contributed by atoms with Crippen LogP contribution in [-0.4, -0.2) is 62.2 Å². The number of amides is 2. The summed E-state index contributed by atoms with van der Waals surface area (Å²) in [5, 5.41) is 2.88. The molecule has 2 rings (SSSR count). The zero-order chi connectivity index (χ0) is 27.0. The van der Waals surface area contributed by atoms with Crippen molar-refractivity contribution in [2.45, 2.75) is 52.2 Å². The van der Waals surface area contributed by atoms with Gasteiger partial charge in [-0.15, -0.1) is 0 Å². The minimum atomic E-state index is -4.14. The van der Waals surface area contributed by atoms with Crippen LogP contribution in [0.5, 0.6) is 0 Å². The summed E-state index contributed by atoms with van der Waals surface area (Å²) in [6.45, 7) is 4.85. The number of nitrogens with one attached hydrogen (secondary N) is 1. The van der Waals surface area contributed by atoms with E-state index >= 15 is 0 Å². The third-order valence-corrected chi connectivity index (χ3v) is 7.61. The lowest BCUT2D eigenvalue weighted by Crippen LogP contribution is -2.54.